The summed E-state index contributed by atoms with van der Waals surface area (Å²) in [4.78, 5) is 32.6. The minimum Gasteiger partial charge on any atom is -0.377 e. The predicted octanol–water partition coefficient (Wildman–Crippen LogP) is 0.826. The van der Waals surface area contributed by atoms with E-state index in [0.717, 1.165) is 12.8 Å². The van der Waals surface area contributed by atoms with Gasteiger partial charge in [0.2, 0.25) is 0 Å². The molecule has 0 spiro atoms. The average Bonchev–Trinajstić information content (AvgIpc) is 3.36. The molecule has 1 atom stereocenters. The van der Waals surface area contributed by atoms with Crippen LogP contribution in [0.25, 0.3) is 0 Å². The van der Waals surface area contributed by atoms with Crippen molar-refractivity contribution in [3.8, 4) is 0 Å². The van der Waals surface area contributed by atoms with Crippen molar-refractivity contribution in [3.63, 3.8) is 0 Å². The molecule has 25 heavy (non-hydrogen) atoms. The molecule has 2 aromatic heterocycles. The molecule has 3 rings (SSSR count). The van der Waals surface area contributed by atoms with Crippen molar-refractivity contribution in [2.45, 2.75) is 19.4 Å². The smallest absolute Gasteiger partial charge is 0.276 e. The number of carbonyl (C=O) groups excluding carboxylic acids is 2. The van der Waals surface area contributed by atoms with Crippen molar-refractivity contribution in [3.05, 3.63) is 35.7 Å². The van der Waals surface area contributed by atoms with Gasteiger partial charge in [-0.15, -0.1) is 0 Å². The molecule has 0 bridgehead atoms. The first-order valence-corrected chi connectivity index (χ1v) is 8.17. The number of nitrogens with one attached hydrogen (secondary N) is 2. The molecule has 0 aliphatic carbocycles. The van der Waals surface area contributed by atoms with Gasteiger partial charge >= 0.3 is 0 Å². The summed E-state index contributed by atoms with van der Waals surface area (Å²) in [6.45, 7) is 2.20. The summed E-state index contributed by atoms with van der Waals surface area (Å²) in [6.07, 6.45) is 4.68. The molecule has 1 unspecified atom stereocenters. The van der Waals surface area contributed by atoms with Crippen LogP contribution in [0, 0.1) is 5.92 Å². The third kappa shape index (κ3) is 4.24. The van der Waals surface area contributed by atoms with Crippen molar-refractivity contribution >= 4 is 11.8 Å². The fourth-order valence-corrected chi connectivity index (χ4v) is 2.90. The Morgan fingerprint density at radius 3 is 3.16 bits per heavy atom. The lowest BCUT2D eigenvalue weighted by Crippen LogP contribution is -2.30. The topological polar surface area (TPSA) is 113 Å². The molecular formula is C16H21N5O4. The zero-order valence-corrected chi connectivity index (χ0v) is 14.0. The number of hydrogen-bond donors (Lipinski definition) is 2. The Labute approximate surface area is 144 Å². The molecular weight excluding hydrogens is 326 g/mol. The number of aromatic nitrogens is 3. The van der Waals surface area contributed by atoms with Gasteiger partial charge in [-0.05, 0) is 18.8 Å². The Morgan fingerprint density at radius 1 is 1.52 bits per heavy atom. The van der Waals surface area contributed by atoms with Crippen LogP contribution in [-0.2, 0) is 11.3 Å². The van der Waals surface area contributed by atoms with Crippen LogP contribution in [-0.4, -0.2) is 58.6 Å². The van der Waals surface area contributed by atoms with Gasteiger partial charge < -0.3 is 24.5 Å². The Kier molecular flexibility index (Phi) is 5.44. The zero-order valence-electron chi connectivity index (χ0n) is 14.0. The molecule has 1 fully saturated rings. The fraction of sp³-hybridized carbons (Fsp3) is 0.500. The van der Waals surface area contributed by atoms with Crippen LogP contribution in [0.5, 0.6) is 0 Å². The third-order valence-corrected chi connectivity index (χ3v) is 4.22. The molecule has 0 radical (unpaired) electrons. The second-order valence-electron chi connectivity index (χ2n) is 6.03. The summed E-state index contributed by atoms with van der Waals surface area (Å²) >= 11 is 0. The van der Waals surface area contributed by atoms with E-state index in [1.165, 1.54) is 12.5 Å². The molecule has 0 aromatic carbocycles. The number of imidazole rings is 1. The first-order chi connectivity index (χ1) is 12.2. The number of amides is 2. The number of rotatable bonds is 7. The van der Waals surface area contributed by atoms with Crippen molar-refractivity contribution in [1.29, 1.82) is 0 Å². The van der Waals surface area contributed by atoms with Crippen LogP contribution < -0.4 is 5.32 Å². The number of carbonyl (C=O) groups is 2. The van der Waals surface area contributed by atoms with Crippen LogP contribution in [0.1, 0.15) is 39.6 Å². The van der Waals surface area contributed by atoms with Crippen molar-refractivity contribution in [1.82, 2.24) is 25.3 Å². The Bertz CT molecular complexity index is 712. The van der Waals surface area contributed by atoms with Gasteiger partial charge in [-0.1, -0.05) is 5.16 Å². The molecule has 134 valence electrons. The van der Waals surface area contributed by atoms with E-state index in [1.807, 2.05) is 0 Å². The number of nitrogens with zero attached hydrogens (tertiary/aromatic N) is 3. The first kappa shape index (κ1) is 17.2. The standard InChI is InChI=1S/C16H21N5O4/c1-24-9-12-6-13(20-25-12)16(23)21-5-3-11(8-21)2-4-18-15(22)14-7-17-10-19-14/h6-7,10-11H,2-5,8-9H2,1H3,(H,17,19)(H,18,22). The SMILES string of the molecule is COCc1cc(C(=O)N2CCC(CCNC(=O)c3cnc[nH]3)C2)no1. The molecule has 0 saturated carbocycles. The van der Waals surface area contributed by atoms with E-state index in [0.29, 0.717) is 49.3 Å². The van der Waals surface area contributed by atoms with Crippen molar-refractivity contribution in [2.24, 2.45) is 5.92 Å². The number of hydrogen-bond acceptors (Lipinski definition) is 6. The van der Waals surface area contributed by atoms with Gasteiger partial charge in [0.25, 0.3) is 11.8 Å². The maximum Gasteiger partial charge on any atom is 0.276 e. The molecule has 2 amide bonds. The number of H-pyrrole nitrogens is 1. The van der Waals surface area contributed by atoms with Gasteiger partial charge in [-0.25, -0.2) is 4.98 Å². The quantitative estimate of drug-likeness (QED) is 0.767. The highest BCUT2D eigenvalue weighted by molar-refractivity contribution is 5.92. The second kappa shape index (κ2) is 7.93. The van der Waals surface area contributed by atoms with E-state index in [1.54, 1.807) is 18.1 Å². The van der Waals surface area contributed by atoms with E-state index >= 15 is 0 Å². The number of aromatic amines is 1. The van der Waals surface area contributed by atoms with Crippen molar-refractivity contribution < 1.29 is 18.8 Å². The molecule has 2 aromatic rings. The maximum absolute atomic E-state index is 12.4. The normalized spacial score (nSPS) is 17.0. The lowest BCUT2D eigenvalue weighted by molar-refractivity contribution is 0.0774. The summed E-state index contributed by atoms with van der Waals surface area (Å²) < 4.78 is 10.0. The summed E-state index contributed by atoms with van der Waals surface area (Å²) in [7, 11) is 1.56. The molecule has 1 aliphatic heterocycles. The van der Waals surface area contributed by atoms with Crippen LogP contribution in [0.15, 0.2) is 23.1 Å². The van der Waals surface area contributed by atoms with Gasteiger partial charge in [0.15, 0.2) is 11.5 Å². The number of likely N-dealkylation sites (tertiary alicyclic amines) is 1. The van der Waals surface area contributed by atoms with Crippen LogP contribution in [0.4, 0.5) is 0 Å². The highest BCUT2D eigenvalue weighted by Gasteiger charge is 2.28. The molecule has 3 heterocycles. The maximum atomic E-state index is 12.4. The zero-order chi connectivity index (χ0) is 17.6. The molecule has 1 aliphatic rings. The van der Waals surface area contributed by atoms with Gasteiger partial charge in [0.05, 0.1) is 12.5 Å². The number of methoxy groups -OCH3 is 1. The molecule has 1 saturated heterocycles. The highest BCUT2D eigenvalue weighted by Crippen LogP contribution is 2.21. The van der Waals surface area contributed by atoms with Gasteiger partial charge in [-0.3, -0.25) is 9.59 Å². The lowest BCUT2D eigenvalue weighted by atomic mass is 10.1. The van der Waals surface area contributed by atoms with Crippen LogP contribution in [0.3, 0.4) is 0 Å². The summed E-state index contributed by atoms with van der Waals surface area (Å²) in [5, 5.41) is 6.66. The lowest BCUT2D eigenvalue weighted by Gasteiger charge is -2.15. The van der Waals surface area contributed by atoms with Gasteiger partial charge in [0, 0.05) is 32.8 Å². The monoisotopic (exact) mass is 347 g/mol. The Morgan fingerprint density at radius 2 is 2.40 bits per heavy atom. The largest absolute Gasteiger partial charge is 0.377 e. The van der Waals surface area contributed by atoms with Crippen molar-refractivity contribution in [2.75, 3.05) is 26.7 Å². The Hall–Kier alpha value is -2.68. The summed E-state index contributed by atoms with van der Waals surface area (Å²) in [5.74, 6) is 0.589. The van der Waals surface area contributed by atoms with Crippen LogP contribution >= 0.6 is 0 Å². The predicted molar refractivity (Wildman–Crippen MR) is 86.8 cm³/mol. The molecule has 2 N–H and O–H groups in total. The Balaban J connectivity index is 1.43. The third-order valence-electron chi connectivity index (χ3n) is 4.22. The molecule has 9 nitrogen and oxygen atoms in total. The highest BCUT2D eigenvalue weighted by atomic mass is 16.5. The van der Waals surface area contributed by atoms with Gasteiger partial charge in [0.1, 0.15) is 12.3 Å². The summed E-state index contributed by atoms with van der Waals surface area (Å²) in [5.41, 5.74) is 0.751. The first-order valence-electron chi connectivity index (χ1n) is 8.17. The number of ether oxygens (including phenoxy) is 1. The van der Waals surface area contributed by atoms with E-state index in [9.17, 15) is 9.59 Å². The van der Waals surface area contributed by atoms with Crippen LogP contribution in [0.2, 0.25) is 0 Å². The van der Waals surface area contributed by atoms with E-state index in [4.69, 9.17) is 9.26 Å². The van der Waals surface area contributed by atoms with E-state index in [2.05, 4.69) is 20.4 Å². The molecule has 9 heteroatoms. The summed E-state index contributed by atoms with van der Waals surface area (Å²) in [6, 6.07) is 1.61. The van der Waals surface area contributed by atoms with E-state index < -0.39 is 0 Å². The second-order valence-corrected chi connectivity index (χ2v) is 6.03. The van der Waals surface area contributed by atoms with E-state index in [-0.39, 0.29) is 11.8 Å². The van der Waals surface area contributed by atoms with Gasteiger partial charge in [-0.2, -0.15) is 0 Å². The minimum absolute atomic E-state index is 0.130. The minimum atomic E-state index is -0.170. The average molecular weight is 347 g/mol. The fourth-order valence-electron chi connectivity index (χ4n) is 2.90.